The molecular formula is C20H15Cl2N3O4S. The molecule has 0 bridgehead atoms. The minimum atomic E-state index is -3.97. The molecule has 2 amide bonds. The van der Waals surface area contributed by atoms with Gasteiger partial charge in [0.1, 0.15) is 4.90 Å². The SMILES string of the molecule is NC(=O)c1cccc(NC(=O)c2ccc(NS(=O)(=O)c3cc(Cl)ccc3Cl)cc2)c1. The van der Waals surface area contributed by atoms with Gasteiger partial charge in [-0.05, 0) is 60.7 Å². The number of hydrogen-bond donors (Lipinski definition) is 3. The first kappa shape index (κ1) is 21.6. The van der Waals surface area contributed by atoms with Gasteiger partial charge in [-0.25, -0.2) is 8.42 Å². The van der Waals surface area contributed by atoms with Crippen molar-refractivity contribution in [2.24, 2.45) is 5.73 Å². The van der Waals surface area contributed by atoms with Gasteiger partial charge in [0.05, 0.1) is 5.02 Å². The van der Waals surface area contributed by atoms with Crippen LogP contribution in [0, 0.1) is 0 Å². The van der Waals surface area contributed by atoms with Gasteiger partial charge in [-0.15, -0.1) is 0 Å². The van der Waals surface area contributed by atoms with Gasteiger partial charge in [0.25, 0.3) is 15.9 Å². The molecule has 3 aromatic carbocycles. The minimum Gasteiger partial charge on any atom is -0.366 e. The zero-order valence-corrected chi connectivity index (χ0v) is 17.6. The Kier molecular flexibility index (Phi) is 6.31. The van der Waals surface area contributed by atoms with E-state index in [1.54, 1.807) is 12.1 Å². The quantitative estimate of drug-likeness (QED) is 0.508. The molecule has 4 N–H and O–H groups in total. The number of nitrogens with one attached hydrogen (secondary N) is 2. The van der Waals surface area contributed by atoms with Gasteiger partial charge in [-0.2, -0.15) is 0 Å². The monoisotopic (exact) mass is 463 g/mol. The van der Waals surface area contributed by atoms with E-state index in [1.165, 1.54) is 54.6 Å². The Morgan fingerprint density at radius 2 is 1.53 bits per heavy atom. The number of rotatable bonds is 6. The van der Waals surface area contributed by atoms with Crippen LogP contribution in [0.15, 0.2) is 71.6 Å². The zero-order valence-electron chi connectivity index (χ0n) is 15.2. The molecule has 0 aliphatic rings. The van der Waals surface area contributed by atoms with Crippen LogP contribution in [0.4, 0.5) is 11.4 Å². The molecule has 0 spiro atoms. The van der Waals surface area contributed by atoms with E-state index < -0.39 is 21.8 Å². The highest BCUT2D eigenvalue weighted by Crippen LogP contribution is 2.27. The normalized spacial score (nSPS) is 11.0. The van der Waals surface area contributed by atoms with Crippen LogP contribution in [0.2, 0.25) is 10.0 Å². The third kappa shape index (κ3) is 5.10. The number of carbonyl (C=O) groups excluding carboxylic acids is 2. The molecule has 0 heterocycles. The predicted octanol–water partition coefficient (Wildman–Crippen LogP) is 4.15. The maximum atomic E-state index is 12.6. The van der Waals surface area contributed by atoms with Crippen LogP contribution in [0.5, 0.6) is 0 Å². The number of anilines is 2. The Balaban J connectivity index is 1.74. The lowest BCUT2D eigenvalue weighted by atomic mass is 10.1. The van der Waals surface area contributed by atoms with Crippen LogP contribution in [-0.4, -0.2) is 20.2 Å². The summed E-state index contributed by atoms with van der Waals surface area (Å²) in [4.78, 5) is 23.5. The summed E-state index contributed by atoms with van der Waals surface area (Å²) in [6.07, 6.45) is 0. The van der Waals surface area contributed by atoms with E-state index >= 15 is 0 Å². The fourth-order valence-corrected chi connectivity index (χ4v) is 4.36. The summed E-state index contributed by atoms with van der Waals surface area (Å²) in [6, 6.07) is 16.1. The number of sulfonamides is 1. The van der Waals surface area contributed by atoms with Crippen molar-refractivity contribution in [3.05, 3.63) is 87.9 Å². The highest BCUT2D eigenvalue weighted by Gasteiger charge is 2.19. The van der Waals surface area contributed by atoms with Crippen LogP contribution in [0.25, 0.3) is 0 Å². The molecule has 10 heteroatoms. The molecule has 0 aliphatic carbocycles. The molecule has 0 atom stereocenters. The Morgan fingerprint density at radius 3 is 2.20 bits per heavy atom. The van der Waals surface area contributed by atoms with Gasteiger partial charge in [0, 0.05) is 27.5 Å². The van der Waals surface area contributed by atoms with E-state index in [-0.39, 0.29) is 31.8 Å². The number of halogens is 2. The zero-order chi connectivity index (χ0) is 21.9. The smallest absolute Gasteiger partial charge is 0.263 e. The van der Waals surface area contributed by atoms with Gasteiger partial charge in [-0.3, -0.25) is 14.3 Å². The number of hydrogen-bond acceptors (Lipinski definition) is 4. The second-order valence-corrected chi connectivity index (χ2v) is 8.65. The van der Waals surface area contributed by atoms with E-state index in [0.717, 1.165) is 0 Å². The summed E-state index contributed by atoms with van der Waals surface area (Å²) < 4.78 is 27.5. The van der Waals surface area contributed by atoms with E-state index in [2.05, 4.69) is 10.0 Å². The molecule has 0 unspecified atom stereocenters. The molecule has 7 nitrogen and oxygen atoms in total. The Morgan fingerprint density at radius 1 is 0.833 bits per heavy atom. The summed E-state index contributed by atoms with van der Waals surface area (Å²) in [5, 5.41) is 2.90. The highest BCUT2D eigenvalue weighted by molar-refractivity contribution is 7.92. The molecule has 0 saturated carbocycles. The van der Waals surface area contributed by atoms with Gasteiger partial charge in [-0.1, -0.05) is 29.3 Å². The van der Waals surface area contributed by atoms with E-state index in [9.17, 15) is 18.0 Å². The molecule has 0 saturated heterocycles. The van der Waals surface area contributed by atoms with Crippen molar-refractivity contribution in [1.29, 1.82) is 0 Å². The average Bonchev–Trinajstić information content (AvgIpc) is 2.70. The van der Waals surface area contributed by atoms with Crippen molar-refractivity contribution in [3.63, 3.8) is 0 Å². The Hall–Kier alpha value is -3.07. The summed E-state index contributed by atoms with van der Waals surface area (Å²) in [7, 11) is -3.97. The third-order valence-corrected chi connectivity index (χ3v) is 6.08. The van der Waals surface area contributed by atoms with Gasteiger partial charge < -0.3 is 11.1 Å². The fourth-order valence-electron chi connectivity index (χ4n) is 2.54. The summed E-state index contributed by atoms with van der Waals surface area (Å²) >= 11 is 11.8. The first-order valence-corrected chi connectivity index (χ1v) is 10.7. The predicted molar refractivity (Wildman–Crippen MR) is 117 cm³/mol. The maximum absolute atomic E-state index is 12.6. The van der Waals surface area contributed by atoms with Crippen molar-refractivity contribution in [3.8, 4) is 0 Å². The molecule has 0 aromatic heterocycles. The van der Waals surface area contributed by atoms with Crippen LogP contribution >= 0.6 is 23.2 Å². The molecule has 3 rings (SSSR count). The van der Waals surface area contributed by atoms with Crippen LogP contribution in [-0.2, 0) is 10.0 Å². The van der Waals surface area contributed by atoms with Gasteiger partial charge in [0.15, 0.2) is 0 Å². The Labute approximate surface area is 182 Å². The van der Waals surface area contributed by atoms with Crippen molar-refractivity contribution >= 4 is 56.4 Å². The summed E-state index contributed by atoms with van der Waals surface area (Å²) in [6.45, 7) is 0. The molecule has 3 aromatic rings. The first-order valence-electron chi connectivity index (χ1n) is 8.45. The second-order valence-electron chi connectivity index (χ2n) is 6.16. The number of carbonyl (C=O) groups is 2. The van der Waals surface area contributed by atoms with E-state index in [0.29, 0.717) is 5.69 Å². The second kappa shape index (κ2) is 8.74. The standard InChI is InChI=1S/C20H15Cl2N3O4S/c21-14-6-9-17(22)18(11-14)30(28,29)25-15-7-4-12(5-8-15)20(27)24-16-3-1-2-13(10-16)19(23)26/h1-11,25H,(H2,23,26)(H,24,27). The lowest BCUT2D eigenvalue weighted by Crippen LogP contribution is -2.15. The lowest BCUT2D eigenvalue weighted by molar-refractivity contribution is 0.0996. The van der Waals surface area contributed by atoms with Crippen molar-refractivity contribution in [2.75, 3.05) is 10.0 Å². The number of nitrogens with two attached hydrogens (primary N) is 1. The molecule has 30 heavy (non-hydrogen) atoms. The van der Waals surface area contributed by atoms with Crippen molar-refractivity contribution < 1.29 is 18.0 Å². The van der Waals surface area contributed by atoms with Crippen LogP contribution < -0.4 is 15.8 Å². The summed E-state index contributed by atoms with van der Waals surface area (Å²) in [5.41, 5.74) is 6.40. The number of benzene rings is 3. The average molecular weight is 464 g/mol. The largest absolute Gasteiger partial charge is 0.366 e. The molecule has 0 aliphatic heterocycles. The third-order valence-electron chi connectivity index (χ3n) is 3.99. The molecule has 154 valence electrons. The Bertz CT molecular complexity index is 1230. The molecule has 0 fully saturated rings. The van der Waals surface area contributed by atoms with Crippen molar-refractivity contribution in [1.82, 2.24) is 0 Å². The molecule has 0 radical (unpaired) electrons. The number of amides is 2. The van der Waals surface area contributed by atoms with Crippen molar-refractivity contribution in [2.45, 2.75) is 4.90 Å². The topological polar surface area (TPSA) is 118 Å². The summed E-state index contributed by atoms with van der Waals surface area (Å²) in [5.74, 6) is -1.05. The minimum absolute atomic E-state index is 0.0288. The maximum Gasteiger partial charge on any atom is 0.263 e. The molecular weight excluding hydrogens is 449 g/mol. The van der Waals surface area contributed by atoms with Gasteiger partial charge >= 0.3 is 0 Å². The van der Waals surface area contributed by atoms with E-state index in [4.69, 9.17) is 28.9 Å². The lowest BCUT2D eigenvalue weighted by Gasteiger charge is -2.11. The first-order chi connectivity index (χ1) is 14.2. The highest BCUT2D eigenvalue weighted by atomic mass is 35.5. The van der Waals surface area contributed by atoms with E-state index in [1.807, 2.05) is 0 Å². The fraction of sp³-hybridized carbons (Fsp3) is 0. The van der Waals surface area contributed by atoms with Gasteiger partial charge in [0.2, 0.25) is 5.91 Å². The van der Waals surface area contributed by atoms with Crippen LogP contribution in [0.3, 0.4) is 0 Å². The van der Waals surface area contributed by atoms with Crippen LogP contribution in [0.1, 0.15) is 20.7 Å². The number of primary amides is 1.